The molecule has 0 bridgehead atoms. The highest BCUT2D eigenvalue weighted by molar-refractivity contribution is 7.96. The highest BCUT2D eigenvalue weighted by Gasteiger charge is 2.18. The van der Waals surface area contributed by atoms with Crippen LogP contribution in [-0.2, 0) is 9.59 Å². The Balaban J connectivity index is 3.21. The molecule has 3 nitrogen and oxygen atoms in total. The predicted octanol–water partition coefficient (Wildman–Crippen LogP) is 8.75. The normalized spacial score (nSPS) is 12.2. The molecule has 0 aromatic carbocycles. The summed E-state index contributed by atoms with van der Waals surface area (Å²) in [4.78, 5) is 22.0. The van der Waals surface area contributed by atoms with E-state index >= 15 is 0 Å². The Labute approximate surface area is 192 Å². The Bertz CT molecular complexity index is 398. The first-order valence-electron chi connectivity index (χ1n) is 13.0. The first-order chi connectivity index (χ1) is 14.6. The van der Waals surface area contributed by atoms with Crippen LogP contribution in [0.25, 0.3) is 0 Å². The molecule has 0 rings (SSSR count). The zero-order chi connectivity index (χ0) is 22.3. The second kappa shape index (κ2) is 23.2. The Hall–Kier alpha value is -0.510. The Kier molecular flexibility index (Phi) is 22.8. The predicted molar refractivity (Wildman–Crippen MR) is 132 cm³/mol. The van der Waals surface area contributed by atoms with Gasteiger partial charge in [0.05, 0.1) is 6.42 Å². The molecule has 0 fully saturated rings. The molecule has 0 aliphatic carbocycles. The highest BCUT2D eigenvalue weighted by Crippen LogP contribution is 2.18. The van der Waals surface area contributed by atoms with Crippen molar-refractivity contribution in [1.29, 1.82) is 0 Å². The maximum atomic E-state index is 11.3. The molecule has 0 saturated carbocycles. The van der Waals surface area contributed by atoms with Crippen LogP contribution < -0.4 is 0 Å². The molecule has 178 valence electrons. The number of hydrogen-bond acceptors (Lipinski definition) is 2. The molecule has 1 N–H and O–H groups in total. The summed E-state index contributed by atoms with van der Waals surface area (Å²) in [6.45, 7) is 2.28. The fraction of sp³-hybridized carbons (Fsp3) is 0.923. The minimum absolute atomic E-state index is 0.0819. The molecular weight excluding hydrogens is 392 g/mol. The lowest BCUT2D eigenvalue weighted by Gasteiger charge is -2.10. The summed E-state index contributed by atoms with van der Waals surface area (Å²) in [7, 11) is 0. The molecule has 0 aromatic rings. The van der Waals surface area contributed by atoms with E-state index in [1.54, 1.807) is 0 Å². The van der Waals surface area contributed by atoms with E-state index < -0.39 is 11.9 Å². The molecule has 0 aliphatic heterocycles. The van der Waals surface area contributed by atoms with E-state index in [9.17, 15) is 9.59 Å². The first kappa shape index (κ1) is 29.5. The van der Waals surface area contributed by atoms with Crippen molar-refractivity contribution in [2.45, 2.75) is 148 Å². The monoisotopic (exact) mass is 442 g/mol. The smallest absolute Gasteiger partial charge is 0.304 e. The van der Waals surface area contributed by atoms with Crippen molar-refractivity contribution < 1.29 is 14.7 Å². The van der Waals surface area contributed by atoms with E-state index in [1.165, 1.54) is 116 Å². The number of rotatable bonds is 24. The molecule has 0 aromatic heterocycles. The molecule has 1 unspecified atom stereocenters. The van der Waals surface area contributed by atoms with Crippen LogP contribution in [0.2, 0.25) is 0 Å². The third kappa shape index (κ3) is 22.2. The van der Waals surface area contributed by atoms with Gasteiger partial charge >= 0.3 is 5.97 Å². The van der Waals surface area contributed by atoms with Gasteiger partial charge in [-0.3, -0.25) is 9.59 Å². The van der Waals surface area contributed by atoms with Crippen LogP contribution >= 0.6 is 12.6 Å². The lowest BCUT2D eigenvalue weighted by Crippen LogP contribution is -2.14. The third-order valence-electron chi connectivity index (χ3n) is 6.18. The summed E-state index contributed by atoms with van der Waals surface area (Å²) in [6.07, 6.45) is 27.5. The molecule has 1 atom stereocenters. The summed E-state index contributed by atoms with van der Waals surface area (Å²) in [5.74, 6) is -1.32. The minimum atomic E-state index is -0.907. The maximum Gasteiger partial charge on any atom is 0.304 e. The molecular formula is C26H50O3S. The molecule has 4 heteroatoms. The molecule has 0 saturated heterocycles. The van der Waals surface area contributed by atoms with Crippen LogP contribution in [0.1, 0.15) is 148 Å². The van der Waals surface area contributed by atoms with Gasteiger partial charge in [0, 0.05) is 5.92 Å². The highest BCUT2D eigenvalue weighted by atomic mass is 32.1. The van der Waals surface area contributed by atoms with Crippen LogP contribution in [0.15, 0.2) is 0 Å². The zero-order valence-electron chi connectivity index (χ0n) is 19.8. The van der Waals surface area contributed by atoms with Gasteiger partial charge in [-0.05, 0) is 6.42 Å². The Morgan fingerprint density at radius 3 is 1.17 bits per heavy atom. The SMILES string of the molecule is CCCCCCCCCCCCCCCCCCCCCCC(CC(=O)O)C(=O)S. The van der Waals surface area contributed by atoms with E-state index in [-0.39, 0.29) is 11.5 Å². The fourth-order valence-electron chi connectivity index (χ4n) is 4.17. The van der Waals surface area contributed by atoms with Gasteiger partial charge in [0.2, 0.25) is 0 Å². The lowest BCUT2D eigenvalue weighted by atomic mass is 9.98. The summed E-state index contributed by atoms with van der Waals surface area (Å²) in [5, 5.41) is 8.53. The summed E-state index contributed by atoms with van der Waals surface area (Å²) in [6, 6.07) is 0. The van der Waals surface area contributed by atoms with Crippen molar-refractivity contribution in [1.82, 2.24) is 0 Å². The average Bonchev–Trinajstić information content (AvgIpc) is 2.71. The summed E-state index contributed by atoms with van der Waals surface area (Å²) >= 11 is 3.81. The van der Waals surface area contributed by atoms with Crippen molar-refractivity contribution >= 4 is 23.7 Å². The molecule has 0 aliphatic rings. The van der Waals surface area contributed by atoms with Gasteiger partial charge in [0.25, 0.3) is 0 Å². The number of carbonyl (C=O) groups excluding carboxylic acids is 1. The Morgan fingerprint density at radius 2 is 0.900 bits per heavy atom. The van der Waals surface area contributed by atoms with Crippen molar-refractivity contribution in [3.63, 3.8) is 0 Å². The number of aliphatic carboxylic acids is 1. The van der Waals surface area contributed by atoms with Gasteiger partial charge in [0.15, 0.2) is 5.12 Å². The van der Waals surface area contributed by atoms with Gasteiger partial charge in [0.1, 0.15) is 0 Å². The van der Waals surface area contributed by atoms with E-state index in [0.717, 1.165) is 12.8 Å². The van der Waals surface area contributed by atoms with Crippen LogP contribution in [0.5, 0.6) is 0 Å². The quantitative estimate of drug-likeness (QED) is 0.116. The number of hydrogen-bond donors (Lipinski definition) is 2. The van der Waals surface area contributed by atoms with Crippen molar-refractivity contribution in [3.05, 3.63) is 0 Å². The maximum absolute atomic E-state index is 11.3. The van der Waals surface area contributed by atoms with Gasteiger partial charge in [-0.25, -0.2) is 0 Å². The van der Waals surface area contributed by atoms with Gasteiger partial charge in [-0.15, -0.1) is 12.6 Å². The third-order valence-corrected chi connectivity index (χ3v) is 6.54. The molecule has 30 heavy (non-hydrogen) atoms. The topological polar surface area (TPSA) is 54.4 Å². The first-order valence-corrected chi connectivity index (χ1v) is 13.5. The van der Waals surface area contributed by atoms with Crippen LogP contribution in [0, 0.1) is 5.92 Å². The second-order valence-electron chi connectivity index (χ2n) is 9.14. The van der Waals surface area contributed by atoms with Crippen molar-refractivity contribution in [3.8, 4) is 0 Å². The average molecular weight is 443 g/mol. The molecule has 0 spiro atoms. The van der Waals surface area contributed by atoms with Gasteiger partial charge < -0.3 is 5.11 Å². The minimum Gasteiger partial charge on any atom is -0.481 e. The van der Waals surface area contributed by atoms with Crippen LogP contribution in [0.3, 0.4) is 0 Å². The lowest BCUT2D eigenvalue weighted by molar-refractivity contribution is -0.139. The van der Waals surface area contributed by atoms with E-state index in [2.05, 4.69) is 19.6 Å². The van der Waals surface area contributed by atoms with E-state index in [0.29, 0.717) is 6.42 Å². The molecule has 0 radical (unpaired) electrons. The number of carboxylic acids is 1. The number of carbonyl (C=O) groups is 2. The summed E-state index contributed by atoms with van der Waals surface area (Å²) in [5.41, 5.74) is 0. The number of thiol groups is 1. The van der Waals surface area contributed by atoms with Crippen LogP contribution in [-0.4, -0.2) is 16.2 Å². The van der Waals surface area contributed by atoms with E-state index in [1.807, 2.05) is 0 Å². The summed E-state index contributed by atoms with van der Waals surface area (Å²) < 4.78 is 0. The number of unbranched alkanes of at least 4 members (excludes halogenated alkanes) is 19. The molecule has 0 amide bonds. The van der Waals surface area contributed by atoms with Crippen molar-refractivity contribution in [2.75, 3.05) is 0 Å². The fourth-order valence-corrected chi connectivity index (χ4v) is 4.39. The zero-order valence-corrected chi connectivity index (χ0v) is 20.7. The molecule has 0 heterocycles. The van der Waals surface area contributed by atoms with Gasteiger partial charge in [-0.1, -0.05) is 135 Å². The number of carboxylic acid groups (broad SMARTS) is 1. The van der Waals surface area contributed by atoms with Crippen molar-refractivity contribution in [2.24, 2.45) is 5.92 Å². The largest absolute Gasteiger partial charge is 0.481 e. The van der Waals surface area contributed by atoms with Crippen LogP contribution in [0.4, 0.5) is 0 Å². The Morgan fingerprint density at radius 1 is 0.600 bits per heavy atom. The van der Waals surface area contributed by atoms with E-state index in [4.69, 9.17) is 5.11 Å². The van der Waals surface area contributed by atoms with Gasteiger partial charge in [-0.2, -0.15) is 0 Å². The standard InChI is InChI=1S/C26H50O3S/c1-2-3-4-5-6-7-8-9-10-11-12-13-14-15-16-17-18-19-20-21-22-24(26(29)30)23-25(27)28/h24H,2-23H2,1H3,(H,27,28)(H,29,30). The second-order valence-corrected chi connectivity index (χ2v) is 9.58.